The van der Waals surface area contributed by atoms with Crippen molar-refractivity contribution in [2.24, 2.45) is 5.92 Å². The molecule has 19 heavy (non-hydrogen) atoms. The molecule has 0 atom stereocenters. The van der Waals surface area contributed by atoms with Crippen LogP contribution in [0.2, 0.25) is 0 Å². The van der Waals surface area contributed by atoms with Gasteiger partial charge in [0.25, 0.3) is 0 Å². The van der Waals surface area contributed by atoms with Gasteiger partial charge in [0.15, 0.2) is 0 Å². The van der Waals surface area contributed by atoms with Crippen LogP contribution in [0.3, 0.4) is 0 Å². The van der Waals surface area contributed by atoms with Crippen molar-refractivity contribution in [2.45, 2.75) is 20.4 Å². The highest BCUT2D eigenvalue weighted by molar-refractivity contribution is 5.50. The van der Waals surface area contributed by atoms with E-state index >= 15 is 0 Å². The zero-order valence-electron chi connectivity index (χ0n) is 11.9. The maximum atomic E-state index is 13.9. The van der Waals surface area contributed by atoms with Crippen molar-refractivity contribution in [2.75, 3.05) is 37.6 Å². The minimum absolute atomic E-state index is 0.116. The van der Waals surface area contributed by atoms with E-state index in [1.807, 2.05) is 12.1 Å². The Hall–Kier alpha value is -1.13. The van der Waals surface area contributed by atoms with Gasteiger partial charge in [-0.15, -0.1) is 0 Å². The van der Waals surface area contributed by atoms with Crippen LogP contribution in [0.25, 0.3) is 0 Å². The number of rotatable bonds is 5. The summed E-state index contributed by atoms with van der Waals surface area (Å²) in [5.41, 5.74) is 1.89. The third-order valence-electron chi connectivity index (χ3n) is 3.35. The summed E-state index contributed by atoms with van der Waals surface area (Å²) in [4.78, 5) is 2.12. The van der Waals surface area contributed by atoms with Gasteiger partial charge in [-0.1, -0.05) is 19.9 Å². The number of nitrogens with zero attached hydrogens (tertiary/aromatic N) is 1. The third-order valence-corrected chi connectivity index (χ3v) is 3.35. The third kappa shape index (κ3) is 4.18. The molecule has 106 valence electrons. The standard InChI is InChI=1S/C15H24FN3/c1-12(2)10-18-11-13-3-4-14(16)15(9-13)19-7-5-17-6-8-19/h3-4,9,12,17-18H,5-8,10-11H2,1-2H3. The van der Waals surface area contributed by atoms with Crippen molar-refractivity contribution >= 4 is 5.69 Å². The molecule has 1 fully saturated rings. The van der Waals surface area contributed by atoms with Gasteiger partial charge >= 0.3 is 0 Å². The van der Waals surface area contributed by atoms with Crippen LogP contribution in [-0.2, 0) is 6.54 Å². The van der Waals surface area contributed by atoms with Gasteiger partial charge in [-0.25, -0.2) is 4.39 Å². The lowest BCUT2D eigenvalue weighted by Crippen LogP contribution is -2.43. The van der Waals surface area contributed by atoms with Crippen molar-refractivity contribution in [1.29, 1.82) is 0 Å². The molecule has 4 heteroatoms. The van der Waals surface area contributed by atoms with Crippen LogP contribution in [0, 0.1) is 11.7 Å². The van der Waals surface area contributed by atoms with E-state index < -0.39 is 0 Å². The fraction of sp³-hybridized carbons (Fsp3) is 0.600. The molecule has 1 heterocycles. The Bertz CT molecular complexity index is 400. The van der Waals surface area contributed by atoms with Crippen molar-refractivity contribution in [3.8, 4) is 0 Å². The molecule has 1 aliphatic heterocycles. The summed E-state index contributed by atoms with van der Waals surface area (Å²) in [5.74, 6) is 0.516. The highest BCUT2D eigenvalue weighted by Gasteiger charge is 2.14. The van der Waals surface area contributed by atoms with E-state index in [0.29, 0.717) is 5.92 Å². The Balaban J connectivity index is 2.01. The zero-order valence-corrected chi connectivity index (χ0v) is 11.9. The minimum atomic E-state index is -0.116. The summed E-state index contributed by atoms with van der Waals surface area (Å²) in [7, 11) is 0. The van der Waals surface area contributed by atoms with Gasteiger partial charge < -0.3 is 15.5 Å². The summed E-state index contributed by atoms with van der Waals surface area (Å²) >= 11 is 0. The molecule has 0 aliphatic carbocycles. The molecule has 1 saturated heterocycles. The van der Waals surface area contributed by atoms with Gasteiger partial charge in [0.1, 0.15) is 5.82 Å². The summed E-state index contributed by atoms with van der Waals surface area (Å²) in [6.07, 6.45) is 0. The largest absolute Gasteiger partial charge is 0.367 e. The van der Waals surface area contributed by atoms with E-state index in [1.54, 1.807) is 6.07 Å². The lowest BCUT2D eigenvalue weighted by molar-refractivity contribution is 0.549. The van der Waals surface area contributed by atoms with Crippen LogP contribution >= 0.6 is 0 Å². The van der Waals surface area contributed by atoms with E-state index in [0.717, 1.165) is 50.5 Å². The molecule has 1 aliphatic rings. The first-order valence-corrected chi connectivity index (χ1v) is 7.11. The zero-order chi connectivity index (χ0) is 13.7. The topological polar surface area (TPSA) is 27.3 Å². The summed E-state index contributed by atoms with van der Waals surface area (Å²) < 4.78 is 13.9. The molecule has 0 radical (unpaired) electrons. The van der Waals surface area contributed by atoms with E-state index in [9.17, 15) is 4.39 Å². The maximum Gasteiger partial charge on any atom is 0.146 e. The highest BCUT2D eigenvalue weighted by Crippen LogP contribution is 2.21. The SMILES string of the molecule is CC(C)CNCc1ccc(F)c(N2CCNCC2)c1. The number of nitrogens with one attached hydrogen (secondary N) is 2. The average molecular weight is 265 g/mol. The van der Waals surface area contributed by atoms with Gasteiger partial charge in [-0.2, -0.15) is 0 Å². The Kier molecular flexibility index (Phi) is 5.16. The number of hydrogen-bond acceptors (Lipinski definition) is 3. The maximum absolute atomic E-state index is 13.9. The van der Waals surface area contributed by atoms with E-state index in [-0.39, 0.29) is 5.82 Å². The van der Waals surface area contributed by atoms with Crippen molar-refractivity contribution in [1.82, 2.24) is 10.6 Å². The molecule has 1 aromatic carbocycles. The Morgan fingerprint density at radius 3 is 2.74 bits per heavy atom. The first-order valence-electron chi connectivity index (χ1n) is 7.11. The molecule has 0 saturated carbocycles. The van der Waals surface area contributed by atoms with E-state index in [2.05, 4.69) is 29.4 Å². The first kappa shape index (κ1) is 14.3. The van der Waals surface area contributed by atoms with Crippen LogP contribution in [0.1, 0.15) is 19.4 Å². The van der Waals surface area contributed by atoms with Crippen LogP contribution in [0.5, 0.6) is 0 Å². The Morgan fingerprint density at radius 2 is 2.05 bits per heavy atom. The second kappa shape index (κ2) is 6.87. The summed E-state index contributed by atoms with van der Waals surface area (Å²) in [6.45, 7) is 9.76. The molecule has 0 aromatic heterocycles. The molecule has 2 N–H and O–H groups in total. The molecule has 0 bridgehead atoms. The average Bonchev–Trinajstić information content (AvgIpc) is 2.41. The lowest BCUT2D eigenvalue weighted by atomic mass is 10.1. The lowest BCUT2D eigenvalue weighted by Gasteiger charge is -2.30. The molecule has 0 amide bonds. The monoisotopic (exact) mass is 265 g/mol. The quantitative estimate of drug-likeness (QED) is 0.852. The molecule has 2 rings (SSSR count). The van der Waals surface area contributed by atoms with Crippen molar-refractivity contribution in [3.63, 3.8) is 0 Å². The normalized spacial score (nSPS) is 16.1. The minimum Gasteiger partial charge on any atom is -0.367 e. The summed E-state index contributed by atoms with van der Waals surface area (Å²) in [5, 5.41) is 6.69. The number of benzene rings is 1. The van der Waals surface area contributed by atoms with Crippen molar-refractivity contribution < 1.29 is 4.39 Å². The van der Waals surface area contributed by atoms with Crippen LogP contribution in [-0.4, -0.2) is 32.7 Å². The van der Waals surface area contributed by atoms with Crippen LogP contribution in [0.15, 0.2) is 18.2 Å². The Morgan fingerprint density at radius 1 is 1.32 bits per heavy atom. The van der Waals surface area contributed by atoms with Crippen LogP contribution < -0.4 is 15.5 Å². The highest BCUT2D eigenvalue weighted by atomic mass is 19.1. The fourth-order valence-corrected chi connectivity index (χ4v) is 2.32. The number of halogens is 1. The molecule has 0 spiro atoms. The number of piperazine rings is 1. The first-order chi connectivity index (χ1) is 9.16. The van der Waals surface area contributed by atoms with Crippen LogP contribution in [0.4, 0.5) is 10.1 Å². The second-order valence-electron chi connectivity index (χ2n) is 5.55. The van der Waals surface area contributed by atoms with Gasteiger partial charge in [-0.05, 0) is 30.2 Å². The molecular formula is C15H24FN3. The number of anilines is 1. The molecule has 0 unspecified atom stereocenters. The predicted molar refractivity (Wildman–Crippen MR) is 78.0 cm³/mol. The van der Waals surface area contributed by atoms with Crippen molar-refractivity contribution in [3.05, 3.63) is 29.6 Å². The number of hydrogen-bond donors (Lipinski definition) is 2. The predicted octanol–water partition coefficient (Wildman–Crippen LogP) is 1.98. The molecule has 3 nitrogen and oxygen atoms in total. The van der Waals surface area contributed by atoms with E-state index in [1.165, 1.54) is 0 Å². The Labute approximate surface area is 115 Å². The smallest absolute Gasteiger partial charge is 0.146 e. The van der Waals surface area contributed by atoms with Gasteiger partial charge in [0, 0.05) is 32.7 Å². The van der Waals surface area contributed by atoms with Gasteiger partial charge in [-0.3, -0.25) is 0 Å². The summed E-state index contributed by atoms with van der Waals surface area (Å²) in [6, 6.07) is 5.44. The molecule has 1 aromatic rings. The second-order valence-corrected chi connectivity index (χ2v) is 5.55. The van der Waals surface area contributed by atoms with Gasteiger partial charge in [0.05, 0.1) is 5.69 Å². The molecular weight excluding hydrogens is 241 g/mol. The van der Waals surface area contributed by atoms with E-state index in [4.69, 9.17) is 0 Å². The fourth-order valence-electron chi connectivity index (χ4n) is 2.32. The van der Waals surface area contributed by atoms with Gasteiger partial charge in [0.2, 0.25) is 0 Å².